The number of aromatic amines is 2. The Labute approximate surface area is 449 Å². The number of hydrogen-bond donors (Lipinski definition) is 15. The third-order valence-corrected chi connectivity index (χ3v) is 12.7. The number of phenols is 1. The van der Waals surface area contributed by atoms with Gasteiger partial charge in [0.1, 0.15) is 54.1 Å². The Bertz CT molecular complexity index is 2740. The second-order valence-electron chi connectivity index (χ2n) is 20.0. The van der Waals surface area contributed by atoms with Gasteiger partial charge in [-0.2, -0.15) is 0 Å². The number of nitrogens with zero attached hydrogens (tertiary/aromatic N) is 2. The number of nitrogens with two attached hydrogens (primary N) is 2. The zero-order valence-electron chi connectivity index (χ0n) is 44.0. The number of para-hydroxylation sites is 1. The second kappa shape index (κ2) is 29.1. The number of imidazole rings is 1. The summed E-state index contributed by atoms with van der Waals surface area (Å²) in [4.78, 5) is 137. The number of amides is 8. The van der Waals surface area contributed by atoms with E-state index < -0.39 is 102 Å². The molecule has 0 aliphatic carbocycles. The number of phenolic OH excluding ortho intramolecular Hbond substituents is 1. The monoisotopic (exact) mass is 1080 g/mol. The molecule has 1 aliphatic rings. The number of carboxylic acids is 1. The van der Waals surface area contributed by atoms with E-state index in [4.69, 9.17) is 11.5 Å². The zero-order chi connectivity index (χ0) is 57.1. The number of aromatic nitrogens is 3. The number of aliphatic hydroxyl groups is 1. The molecule has 0 bridgehead atoms. The lowest BCUT2D eigenvalue weighted by atomic mass is 9.98. The van der Waals surface area contributed by atoms with Crippen LogP contribution in [0.5, 0.6) is 5.75 Å². The Hall–Kier alpha value is -8.55. The van der Waals surface area contributed by atoms with Crippen molar-refractivity contribution in [1.29, 1.82) is 0 Å². The molecule has 0 radical (unpaired) electrons. The van der Waals surface area contributed by atoms with Crippen LogP contribution in [0.3, 0.4) is 0 Å². The molecule has 5 rings (SSSR count). The minimum absolute atomic E-state index is 0.0258. The molecule has 17 N–H and O–H groups in total. The molecule has 4 aromatic rings. The third-order valence-electron chi connectivity index (χ3n) is 12.7. The van der Waals surface area contributed by atoms with Crippen LogP contribution in [0.2, 0.25) is 0 Å². The van der Waals surface area contributed by atoms with Gasteiger partial charge in [0.2, 0.25) is 47.3 Å². The van der Waals surface area contributed by atoms with Crippen molar-refractivity contribution in [3.63, 3.8) is 0 Å². The number of fused-ring (bicyclic) bond motifs is 1. The summed E-state index contributed by atoms with van der Waals surface area (Å²) in [5.41, 5.74) is 12.9. The van der Waals surface area contributed by atoms with Crippen LogP contribution in [0.15, 0.2) is 72.2 Å². The van der Waals surface area contributed by atoms with Crippen molar-refractivity contribution in [3.8, 4) is 5.75 Å². The first-order chi connectivity index (χ1) is 37.1. The standard InChI is InChI=1S/C52H72N14O12/c1-27(2)18-37(45(71)60-36(51(77)78)10-7-17-56-52(53)54)61-46(72)38(19-28(3)4)62-47(73)39(20-29-11-13-32(68)14-12-29)63-50(76)42(25-67)66-48(74)40(21-30-23-57-34-9-6-5-8-33(30)34)64-49(75)41(22-31-24-55-26-58-31)65-44(70)35-15-16-43(69)59-35/h5-6,8-9,11-14,23-24,26-28,35-42,57,67-68H,7,10,15-22,25H2,1-4H3,(H,55,58)(H,59,69)(H,60,71)(H,61,72)(H,62,73)(H,63,76)(H,64,75)(H,65,70)(H,66,74)(H,77,78)(H4,53,54,56)/t35-,36-,37-,38+,39-,40-,41-,42-/m0/s1. The highest BCUT2D eigenvalue weighted by Gasteiger charge is 2.36. The van der Waals surface area contributed by atoms with E-state index >= 15 is 0 Å². The Balaban J connectivity index is 1.37. The summed E-state index contributed by atoms with van der Waals surface area (Å²) >= 11 is 0. The van der Waals surface area contributed by atoms with Gasteiger partial charge in [-0.05, 0) is 73.3 Å². The molecule has 2 aromatic heterocycles. The minimum Gasteiger partial charge on any atom is -0.508 e. The average Bonchev–Trinajstić information content (AvgIpc) is 4.18. The van der Waals surface area contributed by atoms with Crippen molar-refractivity contribution in [2.24, 2.45) is 28.3 Å². The fourth-order valence-electron chi connectivity index (χ4n) is 8.71. The van der Waals surface area contributed by atoms with Crippen LogP contribution in [-0.4, -0.2) is 151 Å². The van der Waals surface area contributed by atoms with E-state index in [-0.39, 0.29) is 93.8 Å². The molecular formula is C52H72N14O12. The number of nitrogens with one attached hydrogen (secondary N) is 10. The summed E-state index contributed by atoms with van der Waals surface area (Å²) in [6.07, 6.45) is 4.63. The molecule has 8 atom stereocenters. The fraction of sp³-hybridized carbons (Fsp3) is 0.481. The SMILES string of the molecule is CC(C)C[C@H](NC(=O)[C@@H](CC(C)C)NC(=O)[C@H](Cc1ccc(O)cc1)NC(=O)[C@H](CO)NC(=O)[C@H](Cc1c[nH]c2ccccc12)NC(=O)[C@H](Cc1cnc[nH]1)NC(=O)[C@@H]1CCC(=O)N1)C(=O)N[C@@H](CCCN=C(N)N)C(=O)O. The van der Waals surface area contributed by atoms with E-state index in [0.717, 1.165) is 5.52 Å². The molecule has 26 heteroatoms. The van der Waals surface area contributed by atoms with Crippen molar-refractivity contribution >= 4 is 70.1 Å². The first-order valence-corrected chi connectivity index (χ1v) is 25.7. The van der Waals surface area contributed by atoms with Crippen molar-refractivity contribution in [2.45, 2.75) is 134 Å². The highest BCUT2D eigenvalue weighted by Crippen LogP contribution is 2.20. The second-order valence-corrected chi connectivity index (χ2v) is 20.0. The number of aliphatic imine (C=N–C) groups is 1. The number of aliphatic carboxylic acids is 1. The minimum atomic E-state index is -1.74. The molecule has 26 nitrogen and oxygen atoms in total. The van der Waals surface area contributed by atoms with Crippen LogP contribution in [0.4, 0.5) is 0 Å². The smallest absolute Gasteiger partial charge is 0.326 e. The molecule has 1 aliphatic heterocycles. The van der Waals surface area contributed by atoms with Gasteiger partial charge in [-0.3, -0.25) is 43.3 Å². The van der Waals surface area contributed by atoms with E-state index in [9.17, 15) is 58.5 Å². The van der Waals surface area contributed by atoms with Crippen LogP contribution in [0.25, 0.3) is 10.9 Å². The summed E-state index contributed by atoms with van der Waals surface area (Å²) in [6.45, 7) is 6.28. The zero-order valence-corrected chi connectivity index (χ0v) is 44.0. The van der Waals surface area contributed by atoms with Crippen molar-refractivity contribution in [2.75, 3.05) is 13.2 Å². The number of aliphatic hydroxyl groups excluding tert-OH is 1. The first kappa shape index (κ1) is 60.3. The molecule has 0 spiro atoms. The van der Waals surface area contributed by atoms with E-state index in [2.05, 4.69) is 62.5 Å². The molecule has 1 saturated heterocycles. The number of H-pyrrole nitrogens is 2. The van der Waals surface area contributed by atoms with Gasteiger partial charge in [0, 0.05) is 61.2 Å². The van der Waals surface area contributed by atoms with Crippen LogP contribution in [0, 0.1) is 11.8 Å². The van der Waals surface area contributed by atoms with E-state index in [0.29, 0.717) is 22.2 Å². The predicted octanol–water partition coefficient (Wildman–Crippen LogP) is -1.48. The topological polar surface area (TPSA) is 419 Å². The van der Waals surface area contributed by atoms with Gasteiger partial charge in [0.25, 0.3) is 0 Å². The van der Waals surface area contributed by atoms with Crippen LogP contribution in [-0.2, 0) is 62.4 Å². The predicted molar refractivity (Wildman–Crippen MR) is 284 cm³/mol. The summed E-state index contributed by atoms with van der Waals surface area (Å²) in [6, 6.07) is 2.11. The third kappa shape index (κ3) is 18.6. The number of carboxylic acid groups (broad SMARTS) is 1. The van der Waals surface area contributed by atoms with Gasteiger partial charge in [-0.1, -0.05) is 58.0 Å². The van der Waals surface area contributed by atoms with Crippen molar-refractivity contribution < 1.29 is 58.5 Å². The van der Waals surface area contributed by atoms with Crippen molar-refractivity contribution in [1.82, 2.24) is 57.5 Å². The summed E-state index contributed by atoms with van der Waals surface area (Å²) < 4.78 is 0. The lowest BCUT2D eigenvalue weighted by molar-refractivity contribution is -0.142. The Morgan fingerprint density at radius 3 is 1.77 bits per heavy atom. The molecule has 78 heavy (non-hydrogen) atoms. The number of rotatable bonds is 30. The number of guanidine groups is 1. The normalized spacial score (nSPS) is 15.8. The Morgan fingerprint density at radius 2 is 1.23 bits per heavy atom. The molecule has 0 saturated carbocycles. The summed E-state index contributed by atoms with van der Waals surface area (Å²) in [5.74, 6) is -8.18. The lowest BCUT2D eigenvalue weighted by Gasteiger charge is -2.28. The van der Waals surface area contributed by atoms with Gasteiger partial charge >= 0.3 is 5.97 Å². The van der Waals surface area contributed by atoms with Gasteiger partial charge in [-0.25, -0.2) is 9.78 Å². The molecule has 8 amide bonds. The van der Waals surface area contributed by atoms with Crippen LogP contribution in [0.1, 0.15) is 83.0 Å². The highest BCUT2D eigenvalue weighted by molar-refractivity contribution is 5.99. The number of carbonyl (C=O) groups is 9. The summed E-state index contributed by atoms with van der Waals surface area (Å²) in [7, 11) is 0. The van der Waals surface area contributed by atoms with Crippen LogP contribution < -0.4 is 54.0 Å². The van der Waals surface area contributed by atoms with Crippen LogP contribution >= 0.6 is 0 Å². The maximum atomic E-state index is 14.5. The van der Waals surface area contributed by atoms with Gasteiger partial charge in [0.15, 0.2) is 5.96 Å². The largest absolute Gasteiger partial charge is 0.508 e. The maximum Gasteiger partial charge on any atom is 0.326 e. The Morgan fingerprint density at radius 1 is 0.692 bits per heavy atom. The van der Waals surface area contributed by atoms with Gasteiger partial charge in [0.05, 0.1) is 12.9 Å². The molecule has 422 valence electrons. The van der Waals surface area contributed by atoms with Crippen molar-refractivity contribution in [3.05, 3.63) is 84.1 Å². The Kier molecular flexibility index (Phi) is 22.5. The van der Waals surface area contributed by atoms with Gasteiger partial charge < -0.3 is 79.3 Å². The molecule has 2 aromatic carbocycles. The van der Waals surface area contributed by atoms with Gasteiger partial charge in [-0.15, -0.1) is 0 Å². The number of benzene rings is 2. The lowest BCUT2D eigenvalue weighted by Crippen LogP contribution is -2.61. The molecule has 0 unspecified atom stereocenters. The van der Waals surface area contributed by atoms with E-state index in [1.807, 2.05) is 6.07 Å². The molecule has 1 fully saturated rings. The van der Waals surface area contributed by atoms with E-state index in [1.54, 1.807) is 52.1 Å². The summed E-state index contributed by atoms with van der Waals surface area (Å²) in [5, 5.41) is 52.2. The molecule has 3 heterocycles. The number of aromatic hydroxyl groups is 1. The molecular weight excluding hydrogens is 1010 g/mol. The quantitative estimate of drug-likeness (QED) is 0.0161. The average molecular weight is 1090 g/mol. The fourth-order valence-corrected chi connectivity index (χ4v) is 8.71. The number of carbonyl (C=O) groups excluding carboxylic acids is 8. The van der Waals surface area contributed by atoms with E-state index in [1.165, 1.54) is 36.8 Å². The maximum absolute atomic E-state index is 14.5. The first-order valence-electron chi connectivity index (χ1n) is 25.7. The highest BCUT2D eigenvalue weighted by atomic mass is 16.4. The number of hydrogen-bond acceptors (Lipinski definition) is 13.